The third kappa shape index (κ3) is 6.91. The van der Waals surface area contributed by atoms with Crippen LogP contribution in [0.1, 0.15) is 6.92 Å². The number of hydrogen-bond donors (Lipinski definition) is 3. The molecule has 0 rings (SSSR count). The molecule has 6 nitrogen and oxygen atoms in total. The summed E-state index contributed by atoms with van der Waals surface area (Å²) in [5, 5.41) is 0. The molecule has 0 amide bonds. The molecule has 0 aliphatic rings. The van der Waals surface area contributed by atoms with Crippen LogP contribution in [0.25, 0.3) is 0 Å². The standard InChI is InChI=1S/C6H17N3O3S/c1-6(5-7)9-13(10,11)8-3-4-12-2/h6,8-9H,3-5,7H2,1-2H3. The molecule has 0 radical (unpaired) electrons. The van der Waals surface area contributed by atoms with E-state index in [1.54, 1.807) is 6.92 Å². The molecule has 0 saturated heterocycles. The molecule has 0 aromatic heterocycles. The minimum Gasteiger partial charge on any atom is -0.383 e. The predicted molar refractivity (Wildman–Crippen MR) is 50.5 cm³/mol. The topological polar surface area (TPSA) is 93.4 Å². The van der Waals surface area contributed by atoms with E-state index in [1.165, 1.54) is 7.11 Å². The molecule has 0 spiro atoms. The Morgan fingerprint density at radius 3 is 2.62 bits per heavy atom. The van der Waals surface area contributed by atoms with Gasteiger partial charge in [0.15, 0.2) is 0 Å². The first-order valence-corrected chi connectivity index (χ1v) is 5.46. The van der Waals surface area contributed by atoms with Crippen molar-refractivity contribution in [1.29, 1.82) is 0 Å². The van der Waals surface area contributed by atoms with Crippen LogP contribution in [0, 0.1) is 0 Å². The van der Waals surface area contributed by atoms with Gasteiger partial charge in [0.2, 0.25) is 0 Å². The Morgan fingerprint density at radius 1 is 1.54 bits per heavy atom. The monoisotopic (exact) mass is 211 g/mol. The van der Waals surface area contributed by atoms with Crippen LogP contribution in [0.5, 0.6) is 0 Å². The van der Waals surface area contributed by atoms with E-state index in [2.05, 4.69) is 14.2 Å². The van der Waals surface area contributed by atoms with Crippen molar-refractivity contribution < 1.29 is 13.2 Å². The molecular weight excluding hydrogens is 194 g/mol. The fourth-order valence-corrected chi connectivity index (χ4v) is 1.69. The average molecular weight is 211 g/mol. The predicted octanol–water partition coefficient (Wildman–Crippen LogP) is -1.60. The number of ether oxygens (including phenoxy) is 1. The number of nitrogens with one attached hydrogen (secondary N) is 2. The molecule has 0 aliphatic heterocycles. The van der Waals surface area contributed by atoms with E-state index in [4.69, 9.17) is 5.73 Å². The van der Waals surface area contributed by atoms with Gasteiger partial charge in [-0.25, -0.2) is 0 Å². The summed E-state index contributed by atoms with van der Waals surface area (Å²) in [5.74, 6) is 0. The Morgan fingerprint density at radius 2 is 2.15 bits per heavy atom. The third-order valence-electron chi connectivity index (χ3n) is 1.31. The Balaban J connectivity index is 3.81. The first-order valence-electron chi connectivity index (χ1n) is 3.97. The molecule has 80 valence electrons. The molecule has 4 N–H and O–H groups in total. The fourth-order valence-electron chi connectivity index (χ4n) is 0.633. The lowest BCUT2D eigenvalue weighted by molar-refractivity contribution is 0.204. The summed E-state index contributed by atoms with van der Waals surface area (Å²) in [4.78, 5) is 0. The summed E-state index contributed by atoms with van der Waals surface area (Å²) in [6, 6.07) is -0.264. The summed E-state index contributed by atoms with van der Waals surface area (Å²) in [5.41, 5.74) is 5.25. The highest BCUT2D eigenvalue weighted by Gasteiger charge is 2.11. The van der Waals surface area contributed by atoms with Crippen molar-refractivity contribution in [1.82, 2.24) is 9.44 Å². The highest BCUT2D eigenvalue weighted by atomic mass is 32.2. The highest BCUT2D eigenvalue weighted by Crippen LogP contribution is 1.82. The smallest absolute Gasteiger partial charge is 0.277 e. The van der Waals surface area contributed by atoms with Crippen molar-refractivity contribution in [2.24, 2.45) is 5.73 Å². The van der Waals surface area contributed by atoms with Gasteiger partial charge in [0, 0.05) is 26.2 Å². The zero-order valence-corrected chi connectivity index (χ0v) is 8.73. The van der Waals surface area contributed by atoms with Gasteiger partial charge in [-0.1, -0.05) is 0 Å². The van der Waals surface area contributed by atoms with Gasteiger partial charge in [-0.2, -0.15) is 17.9 Å². The van der Waals surface area contributed by atoms with Crippen molar-refractivity contribution in [3.05, 3.63) is 0 Å². The van der Waals surface area contributed by atoms with Crippen molar-refractivity contribution >= 4 is 10.2 Å². The van der Waals surface area contributed by atoms with Crippen LogP contribution < -0.4 is 15.2 Å². The molecule has 7 heteroatoms. The molecule has 1 unspecified atom stereocenters. The van der Waals surface area contributed by atoms with Crippen LogP contribution in [0.3, 0.4) is 0 Å². The molecule has 1 atom stereocenters. The average Bonchev–Trinajstić information content (AvgIpc) is 2.03. The molecule has 13 heavy (non-hydrogen) atoms. The maximum atomic E-state index is 11.1. The normalized spacial score (nSPS) is 14.4. The van der Waals surface area contributed by atoms with Crippen LogP contribution in [0.4, 0.5) is 0 Å². The number of rotatable bonds is 7. The molecule has 0 aromatic rings. The van der Waals surface area contributed by atoms with Crippen LogP contribution >= 0.6 is 0 Å². The minimum absolute atomic E-state index is 0.253. The summed E-state index contributed by atoms with van der Waals surface area (Å²) in [6.07, 6.45) is 0. The van der Waals surface area contributed by atoms with Gasteiger partial charge in [0.1, 0.15) is 0 Å². The van der Waals surface area contributed by atoms with Crippen molar-refractivity contribution in [2.75, 3.05) is 26.8 Å². The summed E-state index contributed by atoms with van der Waals surface area (Å²) >= 11 is 0. The molecule has 0 heterocycles. The van der Waals surface area contributed by atoms with E-state index in [9.17, 15) is 8.42 Å². The van der Waals surface area contributed by atoms with Crippen LogP contribution in [-0.4, -0.2) is 41.3 Å². The Labute approximate surface area is 79.0 Å². The molecule has 0 fully saturated rings. The SMILES string of the molecule is COCCNS(=O)(=O)NC(C)CN. The number of nitrogens with two attached hydrogens (primary N) is 1. The quantitative estimate of drug-likeness (QED) is 0.442. The largest absolute Gasteiger partial charge is 0.383 e. The van der Waals surface area contributed by atoms with E-state index in [-0.39, 0.29) is 19.1 Å². The van der Waals surface area contributed by atoms with Gasteiger partial charge >= 0.3 is 0 Å². The van der Waals surface area contributed by atoms with Gasteiger partial charge in [0.05, 0.1) is 6.61 Å². The van der Waals surface area contributed by atoms with Gasteiger partial charge < -0.3 is 10.5 Å². The van der Waals surface area contributed by atoms with E-state index in [1.807, 2.05) is 0 Å². The van der Waals surface area contributed by atoms with Crippen LogP contribution in [-0.2, 0) is 14.9 Å². The molecular formula is C6H17N3O3S. The second-order valence-corrected chi connectivity index (χ2v) is 4.18. The second kappa shape index (κ2) is 6.28. The molecule has 0 bridgehead atoms. The lowest BCUT2D eigenvalue weighted by atomic mass is 10.4. The Hall–Kier alpha value is -0.210. The van der Waals surface area contributed by atoms with Gasteiger partial charge in [-0.05, 0) is 6.92 Å². The Kier molecular flexibility index (Phi) is 6.17. The van der Waals surface area contributed by atoms with Crippen molar-refractivity contribution in [3.8, 4) is 0 Å². The first-order chi connectivity index (χ1) is 6.02. The van der Waals surface area contributed by atoms with E-state index in [0.717, 1.165) is 0 Å². The van der Waals surface area contributed by atoms with Crippen molar-refractivity contribution in [2.45, 2.75) is 13.0 Å². The van der Waals surface area contributed by atoms with Gasteiger partial charge in [-0.15, -0.1) is 0 Å². The minimum atomic E-state index is -3.43. The lowest BCUT2D eigenvalue weighted by Crippen LogP contribution is -2.45. The maximum absolute atomic E-state index is 11.1. The highest BCUT2D eigenvalue weighted by molar-refractivity contribution is 7.87. The fraction of sp³-hybridized carbons (Fsp3) is 1.00. The number of methoxy groups -OCH3 is 1. The van der Waals surface area contributed by atoms with Gasteiger partial charge in [0.25, 0.3) is 10.2 Å². The van der Waals surface area contributed by atoms with E-state index < -0.39 is 10.2 Å². The van der Waals surface area contributed by atoms with Crippen LogP contribution in [0.2, 0.25) is 0 Å². The van der Waals surface area contributed by atoms with Gasteiger partial charge in [-0.3, -0.25) is 0 Å². The molecule has 0 saturated carbocycles. The zero-order chi connectivity index (χ0) is 10.3. The second-order valence-electron chi connectivity index (χ2n) is 2.65. The first kappa shape index (κ1) is 12.8. The molecule has 0 aliphatic carbocycles. The summed E-state index contributed by atoms with van der Waals surface area (Å²) in [6.45, 7) is 2.56. The van der Waals surface area contributed by atoms with E-state index in [0.29, 0.717) is 6.61 Å². The van der Waals surface area contributed by atoms with Crippen LogP contribution in [0.15, 0.2) is 0 Å². The van der Waals surface area contributed by atoms with Crippen molar-refractivity contribution in [3.63, 3.8) is 0 Å². The zero-order valence-electron chi connectivity index (χ0n) is 7.91. The lowest BCUT2D eigenvalue weighted by Gasteiger charge is -2.12. The van der Waals surface area contributed by atoms with E-state index >= 15 is 0 Å². The summed E-state index contributed by atoms with van der Waals surface area (Å²) < 4.78 is 31.6. The Bertz CT molecular complexity index is 217. The summed E-state index contributed by atoms with van der Waals surface area (Å²) in [7, 11) is -1.92. The molecule has 0 aromatic carbocycles. The maximum Gasteiger partial charge on any atom is 0.277 e. The third-order valence-corrected chi connectivity index (χ3v) is 2.60. The number of hydrogen-bond acceptors (Lipinski definition) is 4.